The molecule has 0 heteroatoms. The van der Waals surface area contributed by atoms with Crippen LogP contribution in [0.5, 0.6) is 0 Å². The molecule has 5 saturated carbocycles. The van der Waals surface area contributed by atoms with E-state index >= 15 is 0 Å². The van der Waals surface area contributed by atoms with Crippen LogP contribution >= 0.6 is 0 Å². The molecule has 5 fully saturated rings. The molecule has 3 atom stereocenters. The van der Waals surface area contributed by atoms with E-state index in [-0.39, 0.29) is 0 Å². The number of hydrogen-bond acceptors (Lipinski definition) is 0. The molecule has 0 saturated heterocycles. The van der Waals surface area contributed by atoms with Crippen molar-refractivity contribution in [1.29, 1.82) is 0 Å². The average molecular weight is 359 g/mol. The Bertz CT molecular complexity index is 399. The van der Waals surface area contributed by atoms with E-state index in [1.54, 1.807) is 70.6 Å². The molecule has 5 rings (SSSR count). The molecule has 3 unspecified atom stereocenters. The van der Waals surface area contributed by atoms with Gasteiger partial charge in [0.25, 0.3) is 0 Å². The van der Waals surface area contributed by atoms with Gasteiger partial charge in [0.1, 0.15) is 0 Å². The fourth-order valence-electron chi connectivity index (χ4n) is 7.89. The quantitative estimate of drug-likeness (QED) is 0.439. The summed E-state index contributed by atoms with van der Waals surface area (Å²) in [5.74, 6) is 4.46. The molecule has 0 heterocycles. The smallest absolute Gasteiger partial charge is 0.0261 e. The molecule has 5 aliphatic rings. The molecule has 5 aliphatic carbocycles. The van der Waals surface area contributed by atoms with Crippen LogP contribution in [0, 0.1) is 29.1 Å². The van der Waals surface area contributed by atoms with Gasteiger partial charge in [-0.25, -0.2) is 0 Å². The van der Waals surface area contributed by atoms with Gasteiger partial charge >= 0.3 is 0 Å². The molecule has 0 aromatic rings. The summed E-state index contributed by atoms with van der Waals surface area (Å²) in [6.45, 7) is 0. The van der Waals surface area contributed by atoms with Gasteiger partial charge in [-0.1, -0.05) is 96.3 Å². The summed E-state index contributed by atoms with van der Waals surface area (Å²) in [5.41, 5.74) is 0.803. The first kappa shape index (κ1) is 19.3. The van der Waals surface area contributed by atoms with Gasteiger partial charge < -0.3 is 0 Å². The Balaban J connectivity index is 1.45. The second kappa shape index (κ2) is 9.47. The SMILES string of the molecule is C1CCCCC2CC(C3CCCCCCCC4CCC3C4)(CCCC1)C2. The van der Waals surface area contributed by atoms with Gasteiger partial charge in [0.05, 0.1) is 0 Å². The summed E-state index contributed by atoms with van der Waals surface area (Å²) in [6, 6.07) is 0. The third-order valence-electron chi connectivity index (χ3n) is 9.24. The monoisotopic (exact) mass is 358 g/mol. The van der Waals surface area contributed by atoms with Crippen LogP contribution in [-0.4, -0.2) is 0 Å². The Morgan fingerprint density at radius 2 is 1.04 bits per heavy atom. The Morgan fingerprint density at radius 1 is 0.462 bits per heavy atom. The van der Waals surface area contributed by atoms with Crippen molar-refractivity contribution >= 4 is 0 Å². The van der Waals surface area contributed by atoms with Crippen LogP contribution in [0.4, 0.5) is 0 Å². The van der Waals surface area contributed by atoms with E-state index in [1.165, 1.54) is 64.2 Å². The minimum Gasteiger partial charge on any atom is -0.0533 e. The van der Waals surface area contributed by atoms with Crippen molar-refractivity contribution in [2.24, 2.45) is 29.1 Å². The van der Waals surface area contributed by atoms with Crippen LogP contribution in [0.3, 0.4) is 0 Å². The summed E-state index contributed by atoms with van der Waals surface area (Å²) >= 11 is 0. The van der Waals surface area contributed by atoms with Crippen molar-refractivity contribution in [2.45, 2.75) is 135 Å². The minimum absolute atomic E-state index is 0.803. The predicted octanol–water partition coefficient (Wildman–Crippen LogP) is 8.68. The highest BCUT2D eigenvalue weighted by Crippen LogP contribution is 2.61. The maximum Gasteiger partial charge on any atom is -0.0261 e. The highest BCUT2D eigenvalue weighted by atomic mass is 14.6. The maximum absolute atomic E-state index is 1.64. The first-order chi connectivity index (χ1) is 12.9. The molecule has 0 amide bonds. The van der Waals surface area contributed by atoms with Crippen molar-refractivity contribution in [1.82, 2.24) is 0 Å². The topological polar surface area (TPSA) is 0 Å². The van der Waals surface area contributed by atoms with E-state index in [0.717, 1.165) is 29.1 Å². The molecule has 150 valence electrons. The van der Waals surface area contributed by atoms with Gasteiger partial charge in [-0.2, -0.15) is 0 Å². The summed E-state index contributed by atoms with van der Waals surface area (Å²) < 4.78 is 0. The van der Waals surface area contributed by atoms with Gasteiger partial charge in [0, 0.05) is 0 Å². The number of rotatable bonds is 1. The molecule has 26 heavy (non-hydrogen) atoms. The minimum atomic E-state index is 0.803. The Labute approximate surface area is 164 Å². The molecule has 0 nitrogen and oxygen atoms in total. The fourth-order valence-corrected chi connectivity index (χ4v) is 7.89. The molecule has 0 spiro atoms. The van der Waals surface area contributed by atoms with Gasteiger partial charge in [-0.05, 0) is 67.6 Å². The highest BCUT2D eigenvalue weighted by molar-refractivity contribution is 5.01. The zero-order valence-electron chi connectivity index (χ0n) is 17.7. The van der Waals surface area contributed by atoms with Crippen LogP contribution in [0.1, 0.15) is 135 Å². The number of fused-ring (bicyclic) bond motifs is 10. The zero-order chi connectivity index (χ0) is 17.7. The third kappa shape index (κ3) is 4.70. The van der Waals surface area contributed by atoms with Crippen LogP contribution < -0.4 is 0 Å². The van der Waals surface area contributed by atoms with Gasteiger partial charge in [-0.3, -0.25) is 0 Å². The van der Waals surface area contributed by atoms with Gasteiger partial charge in [0.15, 0.2) is 0 Å². The predicted molar refractivity (Wildman–Crippen MR) is 113 cm³/mol. The highest BCUT2D eigenvalue weighted by Gasteiger charge is 2.51. The Kier molecular flexibility index (Phi) is 7.04. The summed E-state index contributed by atoms with van der Waals surface area (Å²) in [4.78, 5) is 0. The summed E-state index contributed by atoms with van der Waals surface area (Å²) in [6.07, 6.45) is 32.8. The van der Waals surface area contributed by atoms with Crippen molar-refractivity contribution in [3.8, 4) is 0 Å². The zero-order valence-corrected chi connectivity index (χ0v) is 17.7. The van der Waals surface area contributed by atoms with E-state index in [0.29, 0.717) is 0 Å². The van der Waals surface area contributed by atoms with Crippen LogP contribution in [0.15, 0.2) is 0 Å². The lowest BCUT2D eigenvalue weighted by molar-refractivity contribution is -0.0534. The molecule has 4 bridgehead atoms. The fraction of sp³-hybridized carbons (Fsp3) is 1.00. The molecule has 0 aromatic carbocycles. The Morgan fingerprint density at radius 3 is 1.77 bits per heavy atom. The van der Waals surface area contributed by atoms with E-state index in [1.807, 2.05) is 0 Å². The van der Waals surface area contributed by atoms with Crippen LogP contribution in [0.25, 0.3) is 0 Å². The van der Waals surface area contributed by atoms with Crippen molar-refractivity contribution < 1.29 is 0 Å². The summed E-state index contributed by atoms with van der Waals surface area (Å²) in [5, 5.41) is 0. The lowest BCUT2D eigenvalue weighted by Gasteiger charge is -2.55. The van der Waals surface area contributed by atoms with Gasteiger partial charge in [0.2, 0.25) is 0 Å². The first-order valence-corrected chi connectivity index (χ1v) is 12.9. The summed E-state index contributed by atoms with van der Waals surface area (Å²) in [7, 11) is 0. The second-order valence-electron chi connectivity index (χ2n) is 11.0. The van der Waals surface area contributed by atoms with Crippen LogP contribution in [0.2, 0.25) is 0 Å². The van der Waals surface area contributed by atoms with Crippen LogP contribution in [-0.2, 0) is 0 Å². The van der Waals surface area contributed by atoms with Gasteiger partial charge in [-0.15, -0.1) is 0 Å². The lowest BCUT2D eigenvalue weighted by atomic mass is 9.50. The normalized spacial score (nSPS) is 43.4. The lowest BCUT2D eigenvalue weighted by Crippen LogP contribution is -2.46. The Hall–Kier alpha value is 0. The molecule has 0 radical (unpaired) electrons. The van der Waals surface area contributed by atoms with E-state index in [2.05, 4.69) is 0 Å². The largest absolute Gasteiger partial charge is 0.0533 e. The standard InChI is InChI=1S/C26H46/c1-2-5-10-14-23-20-26(21-23,18-12-8-3-1)25-15-11-7-4-6-9-13-22-16-17-24(25)19-22/h22-25H,1-21H2. The molecule has 0 aromatic heterocycles. The third-order valence-corrected chi connectivity index (χ3v) is 9.24. The van der Waals surface area contributed by atoms with E-state index < -0.39 is 0 Å². The van der Waals surface area contributed by atoms with Crippen molar-refractivity contribution in [3.63, 3.8) is 0 Å². The maximum atomic E-state index is 1.64. The number of hydrogen-bond donors (Lipinski definition) is 0. The molecular formula is C26H46. The van der Waals surface area contributed by atoms with E-state index in [9.17, 15) is 0 Å². The molecule has 0 N–H and O–H groups in total. The average Bonchev–Trinajstić information content (AvgIpc) is 3.03. The molecule has 0 aliphatic heterocycles. The second-order valence-corrected chi connectivity index (χ2v) is 11.0. The van der Waals surface area contributed by atoms with Crippen molar-refractivity contribution in [2.75, 3.05) is 0 Å². The van der Waals surface area contributed by atoms with Crippen molar-refractivity contribution in [3.05, 3.63) is 0 Å². The molecular weight excluding hydrogens is 312 g/mol. The van der Waals surface area contributed by atoms with E-state index in [4.69, 9.17) is 0 Å². The first-order valence-electron chi connectivity index (χ1n) is 12.9.